The molecule has 2 aromatic heterocycles. The summed E-state index contributed by atoms with van der Waals surface area (Å²) in [7, 11) is 1.77. The first-order valence-corrected chi connectivity index (χ1v) is 9.55. The van der Waals surface area contributed by atoms with Crippen LogP contribution in [-0.4, -0.2) is 45.2 Å². The van der Waals surface area contributed by atoms with Gasteiger partial charge in [0.25, 0.3) is 0 Å². The molecule has 0 spiro atoms. The first-order valence-electron chi connectivity index (χ1n) is 8.32. The second-order valence-electron chi connectivity index (χ2n) is 5.63. The van der Waals surface area contributed by atoms with Crippen LogP contribution in [0.25, 0.3) is 0 Å². The molecule has 0 atom stereocenters. The van der Waals surface area contributed by atoms with Crippen LogP contribution in [-0.2, 0) is 0 Å². The number of anilines is 2. The summed E-state index contributed by atoms with van der Waals surface area (Å²) >= 11 is 6.60. The van der Waals surface area contributed by atoms with Gasteiger partial charge in [-0.15, -0.1) is 0 Å². The topological polar surface area (TPSA) is 78.9 Å². The quantitative estimate of drug-likeness (QED) is 0.476. The molecule has 0 unspecified atom stereocenters. The maximum absolute atomic E-state index is 5.18. The van der Waals surface area contributed by atoms with Gasteiger partial charge in [-0.25, -0.2) is 15.0 Å². The molecule has 2 N–H and O–H groups in total. The molecule has 0 bridgehead atoms. The van der Waals surface area contributed by atoms with Crippen LogP contribution in [0, 0.1) is 0 Å². The number of hydrogen-bond donors (Lipinski definition) is 2. The Kier molecular flexibility index (Phi) is 6.35. The monoisotopic (exact) mass is 375 g/mol. The lowest BCUT2D eigenvalue weighted by atomic mass is 10.2. The van der Waals surface area contributed by atoms with Crippen molar-refractivity contribution in [3.63, 3.8) is 0 Å². The summed E-state index contributed by atoms with van der Waals surface area (Å²) in [6, 6.07) is 3.80. The molecule has 0 aromatic carbocycles. The molecule has 0 aliphatic carbocycles. The standard InChI is InChI=1S/C16H21N7S2/c1-17-15(24)22-14-20-12(23-9-4-2-3-5-10-23)11-13(21-14)25-16-18-7-6-8-19-16/h6-8,11H,2-5,9-10H2,1H3,(H2,17,20,21,22,24). The van der Waals surface area contributed by atoms with E-state index in [0.29, 0.717) is 16.2 Å². The van der Waals surface area contributed by atoms with Gasteiger partial charge < -0.3 is 15.5 Å². The van der Waals surface area contributed by atoms with Crippen molar-refractivity contribution in [2.24, 2.45) is 0 Å². The number of nitrogens with zero attached hydrogens (tertiary/aromatic N) is 5. The van der Waals surface area contributed by atoms with E-state index in [1.54, 1.807) is 25.5 Å². The van der Waals surface area contributed by atoms with Gasteiger partial charge >= 0.3 is 0 Å². The van der Waals surface area contributed by atoms with Gasteiger partial charge in [0.2, 0.25) is 5.95 Å². The van der Waals surface area contributed by atoms with Crippen LogP contribution >= 0.6 is 24.0 Å². The maximum Gasteiger partial charge on any atom is 0.232 e. The van der Waals surface area contributed by atoms with Crippen LogP contribution in [0.4, 0.5) is 11.8 Å². The van der Waals surface area contributed by atoms with Gasteiger partial charge in [-0.2, -0.15) is 4.98 Å². The molecule has 0 radical (unpaired) electrons. The van der Waals surface area contributed by atoms with Crippen molar-refractivity contribution in [2.45, 2.75) is 35.9 Å². The van der Waals surface area contributed by atoms with E-state index in [-0.39, 0.29) is 0 Å². The van der Waals surface area contributed by atoms with Crippen LogP contribution in [0.2, 0.25) is 0 Å². The molecule has 25 heavy (non-hydrogen) atoms. The van der Waals surface area contributed by atoms with Crippen LogP contribution < -0.4 is 15.5 Å². The van der Waals surface area contributed by atoms with Crippen molar-refractivity contribution >= 4 is 40.9 Å². The fraction of sp³-hybridized carbons (Fsp3) is 0.438. The van der Waals surface area contributed by atoms with Gasteiger partial charge in [-0.1, -0.05) is 12.8 Å². The molecule has 1 aliphatic heterocycles. The largest absolute Gasteiger partial charge is 0.365 e. The summed E-state index contributed by atoms with van der Waals surface area (Å²) in [6.07, 6.45) is 8.37. The third-order valence-corrected chi connectivity index (χ3v) is 4.93. The summed E-state index contributed by atoms with van der Waals surface area (Å²) in [6.45, 7) is 2.03. The maximum atomic E-state index is 5.18. The van der Waals surface area contributed by atoms with E-state index >= 15 is 0 Å². The van der Waals surface area contributed by atoms with E-state index in [4.69, 9.17) is 12.2 Å². The van der Waals surface area contributed by atoms with E-state index < -0.39 is 0 Å². The third kappa shape index (κ3) is 5.23. The zero-order valence-corrected chi connectivity index (χ0v) is 15.7. The lowest BCUT2D eigenvalue weighted by molar-refractivity contribution is 0.726. The summed E-state index contributed by atoms with van der Waals surface area (Å²) in [5.74, 6) is 1.40. The fourth-order valence-corrected chi connectivity index (χ4v) is 3.38. The molecule has 2 aromatic rings. The molecular formula is C16H21N7S2. The Balaban J connectivity index is 1.88. The minimum Gasteiger partial charge on any atom is -0.365 e. The van der Waals surface area contributed by atoms with Gasteiger partial charge in [0.05, 0.1) is 0 Å². The van der Waals surface area contributed by atoms with Crippen molar-refractivity contribution in [1.29, 1.82) is 0 Å². The van der Waals surface area contributed by atoms with E-state index in [0.717, 1.165) is 23.9 Å². The minimum absolute atomic E-state index is 0.486. The highest BCUT2D eigenvalue weighted by atomic mass is 32.2. The average Bonchev–Trinajstić information content (AvgIpc) is 2.92. The molecule has 3 rings (SSSR count). The number of aromatic nitrogens is 4. The lowest BCUT2D eigenvalue weighted by Crippen LogP contribution is -2.28. The first-order chi connectivity index (χ1) is 12.2. The van der Waals surface area contributed by atoms with Crippen molar-refractivity contribution in [3.05, 3.63) is 24.5 Å². The lowest BCUT2D eigenvalue weighted by Gasteiger charge is -2.22. The second kappa shape index (κ2) is 8.91. The smallest absolute Gasteiger partial charge is 0.232 e. The Morgan fingerprint density at radius 3 is 2.52 bits per heavy atom. The zero-order chi connectivity index (χ0) is 17.5. The predicted octanol–water partition coefficient (Wildman–Crippen LogP) is 2.71. The van der Waals surface area contributed by atoms with Gasteiger partial charge in [0.15, 0.2) is 10.3 Å². The van der Waals surface area contributed by atoms with Gasteiger partial charge in [0, 0.05) is 38.6 Å². The van der Waals surface area contributed by atoms with Crippen LogP contribution in [0.1, 0.15) is 25.7 Å². The van der Waals surface area contributed by atoms with Crippen LogP contribution in [0.5, 0.6) is 0 Å². The molecule has 9 heteroatoms. The van der Waals surface area contributed by atoms with Crippen molar-refractivity contribution in [2.75, 3.05) is 30.4 Å². The van der Waals surface area contributed by atoms with Crippen molar-refractivity contribution in [3.8, 4) is 0 Å². The number of thiocarbonyl (C=S) groups is 1. The third-order valence-electron chi connectivity index (χ3n) is 3.81. The van der Waals surface area contributed by atoms with Crippen molar-refractivity contribution in [1.82, 2.24) is 25.3 Å². The highest BCUT2D eigenvalue weighted by Crippen LogP contribution is 2.27. The number of nitrogens with one attached hydrogen (secondary N) is 2. The number of rotatable bonds is 4. The SMILES string of the molecule is CNC(=S)Nc1nc(Sc2ncccn2)cc(N2CCCCCC2)n1. The summed E-state index contributed by atoms with van der Waals surface area (Å²) < 4.78 is 0. The molecule has 0 saturated carbocycles. The minimum atomic E-state index is 0.486. The van der Waals surface area contributed by atoms with Gasteiger partial charge in [0.1, 0.15) is 10.8 Å². The Morgan fingerprint density at radius 2 is 1.84 bits per heavy atom. The molecule has 0 amide bonds. The van der Waals surface area contributed by atoms with E-state index in [1.165, 1.54) is 37.4 Å². The summed E-state index contributed by atoms with van der Waals surface area (Å²) in [5, 5.41) is 7.85. The Labute approximate surface area is 157 Å². The highest BCUT2D eigenvalue weighted by molar-refractivity contribution is 7.99. The van der Waals surface area contributed by atoms with Crippen LogP contribution in [0.15, 0.2) is 34.7 Å². The highest BCUT2D eigenvalue weighted by Gasteiger charge is 2.15. The predicted molar refractivity (Wildman–Crippen MR) is 104 cm³/mol. The Bertz CT molecular complexity index is 703. The Morgan fingerprint density at radius 1 is 1.12 bits per heavy atom. The fourth-order valence-electron chi connectivity index (χ4n) is 2.58. The van der Waals surface area contributed by atoms with E-state index in [9.17, 15) is 0 Å². The second-order valence-corrected chi connectivity index (χ2v) is 7.02. The summed E-state index contributed by atoms with van der Waals surface area (Å²) in [5.41, 5.74) is 0. The summed E-state index contributed by atoms with van der Waals surface area (Å²) in [4.78, 5) is 20.0. The van der Waals surface area contributed by atoms with Gasteiger partial charge in [-0.05, 0) is 42.9 Å². The average molecular weight is 376 g/mol. The first kappa shape index (κ1) is 17.8. The Hall–Kier alpha value is -2.00. The van der Waals surface area contributed by atoms with Crippen molar-refractivity contribution < 1.29 is 0 Å². The molecule has 7 nitrogen and oxygen atoms in total. The number of hydrogen-bond acceptors (Lipinski definition) is 7. The normalized spacial score (nSPS) is 14.7. The molecule has 3 heterocycles. The van der Waals surface area contributed by atoms with Gasteiger partial charge in [-0.3, -0.25) is 0 Å². The van der Waals surface area contributed by atoms with E-state index in [1.807, 2.05) is 6.07 Å². The molecule has 1 aliphatic rings. The molecular weight excluding hydrogens is 354 g/mol. The molecule has 1 saturated heterocycles. The molecule has 132 valence electrons. The van der Waals surface area contributed by atoms with E-state index in [2.05, 4.69) is 35.5 Å². The zero-order valence-electron chi connectivity index (χ0n) is 14.1. The molecule has 1 fully saturated rings. The van der Waals surface area contributed by atoms with Crippen LogP contribution in [0.3, 0.4) is 0 Å².